The summed E-state index contributed by atoms with van der Waals surface area (Å²) in [6.45, 7) is 5.01. The van der Waals surface area contributed by atoms with E-state index in [1.54, 1.807) is 38.1 Å². The van der Waals surface area contributed by atoms with Gasteiger partial charge in [0.05, 0.1) is 6.61 Å². The molecule has 0 aliphatic rings. The first kappa shape index (κ1) is 19.6. The van der Waals surface area contributed by atoms with Crippen molar-refractivity contribution in [2.24, 2.45) is 11.3 Å². The van der Waals surface area contributed by atoms with Gasteiger partial charge in [-0.1, -0.05) is 44.5 Å². The second-order valence-electron chi connectivity index (χ2n) is 6.54. The molecule has 23 heavy (non-hydrogen) atoms. The van der Waals surface area contributed by atoms with E-state index in [1.165, 1.54) is 0 Å². The van der Waals surface area contributed by atoms with E-state index < -0.39 is 17.4 Å². The lowest BCUT2D eigenvalue weighted by molar-refractivity contribution is -0.137. The van der Waals surface area contributed by atoms with Gasteiger partial charge >= 0.3 is 0 Å². The molecule has 1 amide bonds. The molecule has 2 atom stereocenters. The smallest absolute Gasteiger partial charge is 0.249 e. The molecule has 6 heteroatoms. The molecule has 1 rings (SSSR count). The highest BCUT2D eigenvalue weighted by Gasteiger charge is 2.32. The number of hydrogen-bond acceptors (Lipinski definition) is 4. The third-order valence-corrected chi connectivity index (χ3v) is 3.94. The Hall–Kier alpha value is -1.43. The summed E-state index contributed by atoms with van der Waals surface area (Å²) < 4.78 is 0. The molecule has 0 heterocycles. The molecule has 0 bridgehead atoms. The van der Waals surface area contributed by atoms with E-state index in [0.717, 1.165) is 0 Å². The number of carbonyl (C=O) groups is 2. The van der Waals surface area contributed by atoms with E-state index >= 15 is 0 Å². The third kappa shape index (κ3) is 5.94. The second-order valence-corrected chi connectivity index (χ2v) is 6.97. The minimum Gasteiger partial charge on any atom is -0.396 e. The molecule has 0 aliphatic heterocycles. The van der Waals surface area contributed by atoms with Crippen LogP contribution in [0.5, 0.6) is 0 Å². The predicted octanol–water partition coefficient (Wildman–Crippen LogP) is 2.04. The number of halogens is 1. The number of Topliss-reactive ketones (excluding diaryl/α,β-unsaturated/α-hetero) is 1. The number of hydrogen-bond donors (Lipinski definition) is 3. The number of rotatable bonds is 8. The molecule has 0 spiro atoms. The highest BCUT2D eigenvalue weighted by Crippen LogP contribution is 2.20. The second kappa shape index (κ2) is 8.43. The van der Waals surface area contributed by atoms with Gasteiger partial charge in [0.15, 0.2) is 5.78 Å². The highest BCUT2D eigenvalue weighted by molar-refractivity contribution is 6.31. The largest absolute Gasteiger partial charge is 0.396 e. The van der Waals surface area contributed by atoms with Gasteiger partial charge in [-0.25, -0.2) is 0 Å². The van der Waals surface area contributed by atoms with Gasteiger partial charge in [0.25, 0.3) is 0 Å². The van der Waals surface area contributed by atoms with Crippen molar-refractivity contribution in [2.75, 3.05) is 13.2 Å². The van der Waals surface area contributed by atoms with Gasteiger partial charge in [-0.15, -0.1) is 0 Å². The SMILES string of the molecule is CC(CNC(=O)C(O)C(C)(C)CO)CC(=O)c1cccc(Cl)c1. The Morgan fingerprint density at radius 3 is 2.57 bits per heavy atom. The summed E-state index contributed by atoms with van der Waals surface area (Å²) in [5, 5.41) is 22.2. The Bertz CT molecular complexity index is 559. The fourth-order valence-electron chi connectivity index (χ4n) is 1.98. The Balaban J connectivity index is 2.49. The molecule has 0 aliphatic carbocycles. The first-order valence-electron chi connectivity index (χ1n) is 7.52. The van der Waals surface area contributed by atoms with Gasteiger partial charge in [-0.05, 0) is 18.1 Å². The maximum absolute atomic E-state index is 12.1. The summed E-state index contributed by atoms with van der Waals surface area (Å²) >= 11 is 5.86. The summed E-state index contributed by atoms with van der Waals surface area (Å²) in [7, 11) is 0. The van der Waals surface area contributed by atoms with E-state index in [2.05, 4.69) is 5.32 Å². The van der Waals surface area contributed by atoms with Crippen molar-refractivity contribution in [1.82, 2.24) is 5.32 Å². The summed E-state index contributed by atoms with van der Waals surface area (Å²) in [5.74, 6) is -0.688. The number of aliphatic hydroxyl groups is 2. The van der Waals surface area contributed by atoms with Crippen LogP contribution in [0.25, 0.3) is 0 Å². The van der Waals surface area contributed by atoms with Crippen molar-refractivity contribution < 1.29 is 19.8 Å². The van der Waals surface area contributed by atoms with Crippen LogP contribution in [0.15, 0.2) is 24.3 Å². The average Bonchev–Trinajstić information content (AvgIpc) is 2.51. The number of amides is 1. The van der Waals surface area contributed by atoms with Crippen LogP contribution < -0.4 is 5.32 Å². The van der Waals surface area contributed by atoms with Crippen LogP contribution in [0.3, 0.4) is 0 Å². The molecule has 2 unspecified atom stereocenters. The van der Waals surface area contributed by atoms with Crippen molar-refractivity contribution in [2.45, 2.75) is 33.3 Å². The molecule has 128 valence electrons. The quantitative estimate of drug-likeness (QED) is 0.631. The number of nitrogens with one attached hydrogen (secondary N) is 1. The lowest BCUT2D eigenvalue weighted by atomic mass is 9.87. The fourth-order valence-corrected chi connectivity index (χ4v) is 2.17. The Morgan fingerprint density at radius 1 is 1.35 bits per heavy atom. The van der Waals surface area contributed by atoms with Crippen molar-refractivity contribution in [1.29, 1.82) is 0 Å². The van der Waals surface area contributed by atoms with E-state index in [9.17, 15) is 14.7 Å². The maximum Gasteiger partial charge on any atom is 0.249 e. The minimum atomic E-state index is -1.30. The monoisotopic (exact) mass is 341 g/mol. The topological polar surface area (TPSA) is 86.6 Å². The molecule has 3 N–H and O–H groups in total. The summed E-state index contributed by atoms with van der Waals surface area (Å²) in [6.07, 6.45) is -1.04. The third-order valence-electron chi connectivity index (χ3n) is 3.70. The van der Waals surface area contributed by atoms with E-state index in [4.69, 9.17) is 16.7 Å². The maximum atomic E-state index is 12.1. The van der Waals surface area contributed by atoms with Gasteiger partial charge in [0.2, 0.25) is 5.91 Å². The fraction of sp³-hybridized carbons (Fsp3) is 0.529. The number of benzene rings is 1. The first-order chi connectivity index (χ1) is 10.7. The van der Waals surface area contributed by atoms with Crippen molar-refractivity contribution in [3.63, 3.8) is 0 Å². The van der Waals surface area contributed by atoms with E-state index in [0.29, 0.717) is 10.6 Å². The minimum absolute atomic E-state index is 0.0505. The molecular formula is C17H24ClNO4. The molecule has 0 radical (unpaired) electrons. The van der Waals surface area contributed by atoms with E-state index in [1.807, 2.05) is 6.92 Å². The molecule has 5 nitrogen and oxygen atoms in total. The summed E-state index contributed by atoms with van der Waals surface area (Å²) in [6, 6.07) is 6.73. The van der Waals surface area contributed by atoms with Crippen LogP contribution in [0, 0.1) is 11.3 Å². The van der Waals surface area contributed by atoms with Gasteiger partial charge in [-0.3, -0.25) is 9.59 Å². The number of carbonyl (C=O) groups excluding carboxylic acids is 2. The zero-order chi connectivity index (χ0) is 17.6. The molecule has 0 saturated carbocycles. The summed E-state index contributed by atoms with van der Waals surface area (Å²) in [5.41, 5.74) is -0.374. The molecule has 1 aromatic carbocycles. The zero-order valence-corrected chi connectivity index (χ0v) is 14.4. The van der Waals surface area contributed by atoms with Gasteiger partial charge in [0.1, 0.15) is 6.10 Å². The van der Waals surface area contributed by atoms with Gasteiger partial charge < -0.3 is 15.5 Å². The lowest BCUT2D eigenvalue weighted by Crippen LogP contribution is -2.46. The van der Waals surface area contributed by atoms with Crippen LogP contribution in [0.1, 0.15) is 37.6 Å². The molecule has 0 saturated heterocycles. The molecule has 0 aromatic heterocycles. The molecular weight excluding hydrogens is 318 g/mol. The van der Waals surface area contributed by atoms with Gasteiger partial charge in [0, 0.05) is 29.0 Å². The van der Waals surface area contributed by atoms with E-state index in [-0.39, 0.29) is 31.3 Å². The lowest BCUT2D eigenvalue weighted by Gasteiger charge is -2.27. The van der Waals surface area contributed by atoms with Crippen molar-refractivity contribution in [3.8, 4) is 0 Å². The standard InChI is InChI=1S/C17H24ClNO4/c1-11(7-14(21)12-5-4-6-13(18)8-12)9-19-16(23)15(22)17(2,3)10-20/h4-6,8,11,15,20,22H,7,9-10H2,1-3H3,(H,19,23). The van der Waals surface area contributed by atoms with Crippen LogP contribution >= 0.6 is 11.6 Å². The number of ketones is 1. The normalized spacial score (nSPS) is 14.2. The Morgan fingerprint density at radius 2 is 2.00 bits per heavy atom. The zero-order valence-electron chi connectivity index (χ0n) is 13.7. The van der Waals surface area contributed by atoms with Crippen LogP contribution in [-0.2, 0) is 4.79 Å². The van der Waals surface area contributed by atoms with Crippen LogP contribution in [0.4, 0.5) is 0 Å². The first-order valence-corrected chi connectivity index (χ1v) is 7.90. The predicted molar refractivity (Wildman–Crippen MR) is 89.4 cm³/mol. The Kier molecular flexibility index (Phi) is 7.19. The van der Waals surface area contributed by atoms with Crippen LogP contribution in [-0.4, -0.2) is 41.2 Å². The van der Waals surface area contributed by atoms with Crippen molar-refractivity contribution in [3.05, 3.63) is 34.9 Å². The van der Waals surface area contributed by atoms with Gasteiger partial charge in [-0.2, -0.15) is 0 Å². The van der Waals surface area contributed by atoms with Crippen molar-refractivity contribution >= 4 is 23.3 Å². The van der Waals surface area contributed by atoms with Crippen LogP contribution in [0.2, 0.25) is 5.02 Å². The number of aliphatic hydroxyl groups excluding tert-OH is 2. The molecule has 0 fully saturated rings. The summed E-state index contributed by atoms with van der Waals surface area (Å²) in [4.78, 5) is 24.0. The highest BCUT2D eigenvalue weighted by atomic mass is 35.5. The Labute approximate surface area is 141 Å². The molecule has 1 aromatic rings. The average molecular weight is 342 g/mol.